The fourth-order valence-electron chi connectivity index (χ4n) is 3.53. The van der Waals surface area contributed by atoms with Crippen molar-refractivity contribution in [2.45, 2.75) is 12.2 Å². The van der Waals surface area contributed by atoms with E-state index in [1.54, 1.807) is 42.5 Å². The third-order valence-corrected chi connectivity index (χ3v) is 4.95. The Hall–Kier alpha value is -3.65. The molecule has 8 heteroatoms. The van der Waals surface area contributed by atoms with Crippen LogP contribution in [0.1, 0.15) is 11.7 Å². The predicted molar refractivity (Wildman–Crippen MR) is 113 cm³/mol. The van der Waals surface area contributed by atoms with E-state index in [0.29, 0.717) is 45.3 Å². The summed E-state index contributed by atoms with van der Waals surface area (Å²) < 4.78 is 34.0. The second kappa shape index (κ2) is 8.61. The van der Waals surface area contributed by atoms with Crippen molar-refractivity contribution >= 4 is 11.0 Å². The maximum Gasteiger partial charge on any atom is 0.336 e. The van der Waals surface area contributed by atoms with E-state index in [-0.39, 0.29) is 6.61 Å². The number of fused-ring (bicyclic) bond motifs is 2. The van der Waals surface area contributed by atoms with Gasteiger partial charge < -0.3 is 33.2 Å². The molecular formula is C23H22O8. The Kier molecular flexibility index (Phi) is 5.73. The molecule has 2 heterocycles. The molecule has 1 aliphatic heterocycles. The number of methoxy groups -OCH3 is 3. The van der Waals surface area contributed by atoms with Gasteiger partial charge in [0.15, 0.2) is 35.2 Å². The van der Waals surface area contributed by atoms with Crippen LogP contribution in [0.5, 0.6) is 28.7 Å². The smallest absolute Gasteiger partial charge is 0.336 e. The number of aliphatic hydroxyl groups is 1. The topological polar surface area (TPSA) is 96.6 Å². The van der Waals surface area contributed by atoms with Gasteiger partial charge in [0.1, 0.15) is 5.58 Å². The van der Waals surface area contributed by atoms with Gasteiger partial charge in [0.2, 0.25) is 5.75 Å². The summed E-state index contributed by atoms with van der Waals surface area (Å²) in [5, 5.41) is 9.97. The zero-order chi connectivity index (χ0) is 22.0. The van der Waals surface area contributed by atoms with Crippen molar-refractivity contribution in [1.29, 1.82) is 0 Å². The molecule has 0 bridgehead atoms. The van der Waals surface area contributed by atoms with Crippen LogP contribution in [0.2, 0.25) is 0 Å². The molecule has 1 aliphatic rings. The van der Waals surface area contributed by atoms with Crippen molar-refractivity contribution in [2.24, 2.45) is 0 Å². The van der Waals surface area contributed by atoms with Crippen molar-refractivity contribution in [3.8, 4) is 28.7 Å². The molecule has 2 aromatic carbocycles. The summed E-state index contributed by atoms with van der Waals surface area (Å²) in [6.45, 7) is -0.141. The van der Waals surface area contributed by atoms with Crippen LogP contribution in [-0.2, 0) is 0 Å². The minimum absolute atomic E-state index is 0.141. The summed E-state index contributed by atoms with van der Waals surface area (Å²) in [4.78, 5) is 11.6. The standard InChI is InChI=1S/C23H22O8/c1-26-19-10-14(11-20(27-2)23(19)28-3)22-15(5-4-8-24)29-17-9-13-6-7-21(25)30-16(13)12-18(17)31-22/h4-7,9-12,15,22,24H,8H2,1-3H3/t15-,22-/m0/s1. The molecule has 0 amide bonds. The fourth-order valence-corrected chi connectivity index (χ4v) is 3.53. The molecule has 0 saturated carbocycles. The molecular weight excluding hydrogens is 404 g/mol. The Morgan fingerprint density at radius 1 is 0.968 bits per heavy atom. The lowest BCUT2D eigenvalue weighted by Crippen LogP contribution is -2.31. The molecule has 2 atom stereocenters. The van der Waals surface area contributed by atoms with E-state index < -0.39 is 17.8 Å². The summed E-state index contributed by atoms with van der Waals surface area (Å²) in [5.74, 6) is 2.33. The van der Waals surface area contributed by atoms with Crippen LogP contribution in [0.4, 0.5) is 0 Å². The number of benzene rings is 2. The van der Waals surface area contributed by atoms with Gasteiger partial charge in [0.05, 0.1) is 27.9 Å². The van der Waals surface area contributed by atoms with Crippen LogP contribution < -0.4 is 29.3 Å². The predicted octanol–water partition coefficient (Wildman–Crippen LogP) is 3.25. The van der Waals surface area contributed by atoms with E-state index in [1.165, 1.54) is 27.4 Å². The summed E-state index contributed by atoms with van der Waals surface area (Å²) in [5.41, 5.74) is 0.652. The number of aliphatic hydroxyl groups excluding tert-OH is 1. The van der Waals surface area contributed by atoms with E-state index in [2.05, 4.69) is 0 Å². The first kappa shape index (κ1) is 20.6. The second-order valence-electron chi connectivity index (χ2n) is 6.78. The van der Waals surface area contributed by atoms with Crippen molar-refractivity contribution < 1.29 is 33.2 Å². The van der Waals surface area contributed by atoms with Crippen LogP contribution in [0, 0.1) is 0 Å². The largest absolute Gasteiger partial charge is 0.493 e. The number of hydrogen-bond donors (Lipinski definition) is 1. The van der Waals surface area contributed by atoms with Gasteiger partial charge in [-0.2, -0.15) is 0 Å². The van der Waals surface area contributed by atoms with Gasteiger partial charge >= 0.3 is 5.63 Å². The van der Waals surface area contributed by atoms with Gasteiger partial charge in [-0.1, -0.05) is 6.08 Å². The second-order valence-corrected chi connectivity index (χ2v) is 6.78. The van der Waals surface area contributed by atoms with E-state index in [1.807, 2.05) is 0 Å². The Bertz CT molecular complexity index is 1150. The average molecular weight is 426 g/mol. The highest BCUT2D eigenvalue weighted by atomic mass is 16.6. The average Bonchev–Trinajstić information content (AvgIpc) is 2.79. The van der Waals surface area contributed by atoms with Gasteiger partial charge in [-0.3, -0.25) is 0 Å². The lowest BCUT2D eigenvalue weighted by molar-refractivity contribution is 0.0467. The molecule has 3 aromatic rings. The third-order valence-electron chi connectivity index (χ3n) is 4.95. The normalized spacial score (nSPS) is 17.7. The van der Waals surface area contributed by atoms with E-state index in [9.17, 15) is 9.90 Å². The van der Waals surface area contributed by atoms with E-state index >= 15 is 0 Å². The lowest BCUT2D eigenvalue weighted by Gasteiger charge is -2.33. The van der Waals surface area contributed by atoms with Gasteiger partial charge in [0, 0.05) is 23.1 Å². The summed E-state index contributed by atoms with van der Waals surface area (Å²) in [7, 11) is 4.60. The van der Waals surface area contributed by atoms with Crippen LogP contribution in [-0.4, -0.2) is 39.1 Å². The first-order chi connectivity index (χ1) is 15.1. The van der Waals surface area contributed by atoms with Crippen molar-refractivity contribution in [3.05, 3.63) is 64.5 Å². The number of ether oxygens (including phenoxy) is 5. The van der Waals surface area contributed by atoms with Crippen LogP contribution >= 0.6 is 0 Å². The SMILES string of the molecule is COc1cc([C@@H]2Oc3cc4oc(=O)ccc4cc3O[C@H]2C=CCO)cc(OC)c1OC. The quantitative estimate of drug-likeness (QED) is 0.474. The molecule has 0 unspecified atom stereocenters. The number of rotatable bonds is 6. The molecule has 162 valence electrons. The number of hydrogen-bond acceptors (Lipinski definition) is 8. The fraction of sp³-hybridized carbons (Fsp3) is 0.261. The molecule has 0 radical (unpaired) electrons. The molecule has 1 aromatic heterocycles. The Labute approximate surface area is 178 Å². The maximum absolute atomic E-state index is 11.6. The molecule has 0 aliphatic carbocycles. The zero-order valence-corrected chi connectivity index (χ0v) is 17.3. The molecule has 0 spiro atoms. The highest BCUT2D eigenvalue weighted by Crippen LogP contribution is 2.45. The first-order valence-electron chi connectivity index (χ1n) is 9.56. The van der Waals surface area contributed by atoms with Crippen LogP contribution in [0.3, 0.4) is 0 Å². The van der Waals surface area contributed by atoms with E-state index in [0.717, 1.165) is 0 Å². The molecule has 8 nitrogen and oxygen atoms in total. The van der Waals surface area contributed by atoms with Crippen LogP contribution in [0.15, 0.2) is 57.8 Å². The van der Waals surface area contributed by atoms with Crippen molar-refractivity contribution in [1.82, 2.24) is 0 Å². The maximum atomic E-state index is 11.6. The minimum Gasteiger partial charge on any atom is -0.493 e. The Balaban J connectivity index is 1.83. The highest BCUT2D eigenvalue weighted by Gasteiger charge is 2.33. The minimum atomic E-state index is -0.600. The molecule has 4 rings (SSSR count). The van der Waals surface area contributed by atoms with Crippen LogP contribution in [0.25, 0.3) is 11.0 Å². The van der Waals surface area contributed by atoms with Gasteiger partial charge in [-0.25, -0.2) is 4.79 Å². The summed E-state index contributed by atoms with van der Waals surface area (Å²) >= 11 is 0. The first-order valence-corrected chi connectivity index (χ1v) is 9.56. The Morgan fingerprint density at radius 3 is 2.32 bits per heavy atom. The summed E-state index contributed by atoms with van der Waals surface area (Å²) in [6.07, 6.45) is 2.17. The molecule has 0 fully saturated rings. The van der Waals surface area contributed by atoms with Crippen molar-refractivity contribution in [3.63, 3.8) is 0 Å². The van der Waals surface area contributed by atoms with Gasteiger partial charge in [-0.15, -0.1) is 0 Å². The van der Waals surface area contributed by atoms with Crippen molar-refractivity contribution in [2.75, 3.05) is 27.9 Å². The van der Waals surface area contributed by atoms with Gasteiger partial charge in [0.25, 0.3) is 0 Å². The highest BCUT2D eigenvalue weighted by molar-refractivity contribution is 5.81. The molecule has 0 saturated heterocycles. The van der Waals surface area contributed by atoms with Gasteiger partial charge in [-0.05, 0) is 30.3 Å². The third kappa shape index (κ3) is 3.89. The monoisotopic (exact) mass is 426 g/mol. The lowest BCUT2D eigenvalue weighted by atomic mass is 10.0. The Morgan fingerprint density at radius 2 is 1.68 bits per heavy atom. The molecule has 1 N–H and O–H groups in total. The zero-order valence-electron chi connectivity index (χ0n) is 17.3. The molecule has 31 heavy (non-hydrogen) atoms. The van der Waals surface area contributed by atoms with E-state index in [4.69, 9.17) is 28.1 Å². The summed E-state index contributed by atoms with van der Waals surface area (Å²) in [6, 6.07) is 9.94.